The molecule has 0 bridgehead atoms. The van der Waals surface area contributed by atoms with Crippen LogP contribution in [0.25, 0.3) is 0 Å². The zero-order valence-electron chi connectivity index (χ0n) is 13.1. The fourth-order valence-corrected chi connectivity index (χ4v) is 2.64. The van der Waals surface area contributed by atoms with Gasteiger partial charge in [-0.3, -0.25) is 10.1 Å². The molecule has 0 radical (unpaired) electrons. The molecule has 0 saturated heterocycles. The highest BCUT2D eigenvalue weighted by Crippen LogP contribution is 2.22. The molecule has 0 saturated carbocycles. The summed E-state index contributed by atoms with van der Waals surface area (Å²) in [5.41, 5.74) is 2.91. The standard InChI is InChI=1S/C18H21ClN2O/c1-12-7-6-8-15(11-12)21-18(22)14(3)20-13(2)16-9-4-5-10-17(16)19/h4-11,13-14,20H,1-3H3,(H,21,22)/t13-,14+/m0/s1. The third kappa shape index (κ3) is 4.33. The Morgan fingerprint density at radius 1 is 1.09 bits per heavy atom. The van der Waals surface area contributed by atoms with Crippen molar-refractivity contribution in [2.45, 2.75) is 32.9 Å². The van der Waals surface area contributed by atoms with E-state index in [1.807, 2.05) is 69.3 Å². The van der Waals surface area contributed by atoms with Gasteiger partial charge >= 0.3 is 0 Å². The largest absolute Gasteiger partial charge is 0.325 e. The van der Waals surface area contributed by atoms with Crippen molar-refractivity contribution in [2.75, 3.05) is 5.32 Å². The van der Waals surface area contributed by atoms with Gasteiger partial charge in [0.25, 0.3) is 0 Å². The molecule has 0 heterocycles. The van der Waals surface area contributed by atoms with E-state index >= 15 is 0 Å². The van der Waals surface area contributed by atoms with Crippen molar-refractivity contribution >= 4 is 23.2 Å². The van der Waals surface area contributed by atoms with Gasteiger partial charge in [0.15, 0.2) is 0 Å². The van der Waals surface area contributed by atoms with Crippen molar-refractivity contribution in [2.24, 2.45) is 0 Å². The maximum Gasteiger partial charge on any atom is 0.241 e. The molecule has 4 heteroatoms. The lowest BCUT2D eigenvalue weighted by Crippen LogP contribution is -2.39. The van der Waals surface area contributed by atoms with Crippen LogP contribution >= 0.6 is 11.6 Å². The van der Waals surface area contributed by atoms with Crippen LogP contribution in [-0.4, -0.2) is 11.9 Å². The minimum atomic E-state index is -0.327. The molecule has 0 aromatic heterocycles. The molecule has 22 heavy (non-hydrogen) atoms. The van der Waals surface area contributed by atoms with E-state index in [0.29, 0.717) is 5.02 Å². The lowest BCUT2D eigenvalue weighted by molar-refractivity contribution is -0.117. The Morgan fingerprint density at radius 2 is 1.82 bits per heavy atom. The molecule has 2 aromatic carbocycles. The van der Waals surface area contributed by atoms with E-state index in [0.717, 1.165) is 16.8 Å². The summed E-state index contributed by atoms with van der Waals surface area (Å²) in [6.45, 7) is 5.84. The van der Waals surface area contributed by atoms with E-state index in [1.54, 1.807) is 0 Å². The number of aryl methyl sites for hydroxylation is 1. The summed E-state index contributed by atoms with van der Waals surface area (Å²) in [5, 5.41) is 6.90. The second kappa shape index (κ2) is 7.43. The van der Waals surface area contributed by atoms with Gasteiger partial charge in [-0.25, -0.2) is 0 Å². The molecule has 0 aliphatic carbocycles. The Balaban J connectivity index is 1.98. The summed E-state index contributed by atoms with van der Waals surface area (Å²) in [6, 6.07) is 15.1. The maximum atomic E-state index is 12.3. The number of carbonyl (C=O) groups is 1. The predicted molar refractivity (Wildman–Crippen MR) is 92.3 cm³/mol. The molecule has 2 atom stereocenters. The third-order valence-electron chi connectivity index (χ3n) is 3.55. The van der Waals surface area contributed by atoms with Crippen LogP contribution in [0, 0.1) is 6.92 Å². The topological polar surface area (TPSA) is 41.1 Å². The van der Waals surface area contributed by atoms with Crippen molar-refractivity contribution < 1.29 is 4.79 Å². The molecule has 0 aliphatic heterocycles. The number of nitrogens with one attached hydrogen (secondary N) is 2. The molecular weight excluding hydrogens is 296 g/mol. The molecule has 0 spiro atoms. The molecule has 0 fully saturated rings. The summed E-state index contributed by atoms with van der Waals surface area (Å²) < 4.78 is 0. The number of rotatable bonds is 5. The van der Waals surface area contributed by atoms with Gasteiger partial charge in [0, 0.05) is 16.8 Å². The molecule has 2 N–H and O–H groups in total. The van der Waals surface area contributed by atoms with Crippen molar-refractivity contribution in [3.05, 3.63) is 64.7 Å². The third-order valence-corrected chi connectivity index (χ3v) is 3.89. The Bertz CT molecular complexity index is 657. The van der Waals surface area contributed by atoms with E-state index in [4.69, 9.17) is 11.6 Å². The quantitative estimate of drug-likeness (QED) is 0.862. The first-order valence-electron chi connectivity index (χ1n) is 7.35. The van der Waals surface area contributed by atoms with E-state index in [9.17, 15) is 4.79 Å². The summed E-state index contributed by atoms with van der Waals surface area (Å²) in [6.07, 6.45) is 0. The van der Waals surface area contributed by atoms with Crippen LogP contribution in [0.2, 0.25) is 5.02 Å². The van der Waals surface area contributed by atoms with Crippen LogP contribution < -0.4 is 10.6 Å². The fourth-order valence-electron chi connectivity index (χ4n) is 2.34. The van der Waals surface area contributed by atoms with Crippen molar-refractivity contribution in [3.8, 4) is 0 Å². The first kappa shape index (κ1) is 16.5. The lowest BCUT2D eigenvalue weighted by Gasteiger charge is -2.21. The van der Waals surface area contributed by atoms with Crippen LogP contribution in [0.4, 0.5) is 5.69 Å². The summed E-state index contributed by atoms with van der Waals surface area (Å²) in [5.74, 6) is -0.0653. The monoisotopic (exact) mass is 316 g/mol. The van der Waals surface area contributed by atoms with Crippen LogP contribution in [0.1, 0.15) is 31.0 Å². The SMILES string of the molecule is Cc1cccc(NC(=O)[C@@H](C)N[C@@H](C)c2ccccc2Cl)c1. The van der Waals surface area contributed by atoms with Gasteiger partial charge in [-0.2, -0.15) is 0 Å². The van der Waals surface area contributed by atoms with Gasteiger partial charge in [-0.1, -0.05) is 41.9 Å². The first-order chi connectivity index (χ1) is 10.5. The number of benzene rings is 2. The molecule has 0 aliphatic rings. The number of halogens is 1. The molecule has 3 nitrogen and oxygen atoms in total. The summed E-state index contributed by atoms with van der Waals surface area (Å²) in [4.78, 5) is 12.3. The zero-order chi connectivity index (χ0) is 16.1. The van der Waals surface area contributed by atoms with Crippen molar-refractivity contribution in [1.82, 2.24) is 5.32 Å². The smallest absolute Gasteiger partial charge is 0.241 e. The highest BCUT2D eigenvalue weighted by atomic mass is 35.5. The Kier molecular flexibility index (Phi) is 5.58. The number of anilines is 1. The molecule has 2 rings (SSSR count). The molecule has 1 amide bonds. The van der Waals surface area contributed by atoms with Crippen LogP contribution in [0.15, 0.2) is 48.5 Å². The lowest BCUT2D eigenvalue weighted by atomic mass is 10.1. The van der Waals surface area contributed by atoms with Gasteiger partial charge in [0.2, 0.25) is 5.91 Å². The second-order valence-electron chi connectivity index (χ2n) is 5.49. The second-order valence-corrected chi connectivity index (χ2v) is 5.90. The van der Waals surface area contributed by atoms with Crippen LogP contribution in [0.5, 0.6) is 0 Å². The van der Waals surface area contributed by atoms with Gasteiger partial charge in [-0.15, -0.1) is 0 Å². The van der Waals surface area contributed by atoms with Crippen LogP contribution in [0.3, 0.4) is 0 Å². The van der Waals surface area contributed by atoms with Crippen molar-refractivity contribution in [3.63, 3.8) is 0 Å². The Morgan fingerprint density at radius 3 is 2.50 bits per heavy atom. The number of carbonyl (C=O) groups excluding carboxylic acids is 1. The van der Waals surface area contributed by atoms with E-state index in [1.165, 1.54) is 0 Å². The number of hydrogen-bond donors (Lipinski definition) is 2. The number of amides is 1. The van der Waals surface area contributed by atoms with E-state index < -0.39 is 0 Å². The maximum absolute atomic E-state index is 12.3. The average Bonchev–Trinajstić information content (AvgIpc) is 2.47. The van der Waals surface area contributed by atoms with Gasteiger partial charge < -0.3 is 5.32 Å². The number of hydrogen-bond acceptors (Lipinski definition) is 2. The zero-order valence-corrected chi connectivity index (χ0v) is 13.8. The molecule has 116 valence electrons. The van der Waals surface area contributed by atoms with Crippen LogP contribution in [-0.2, 0) is 4.79 Å². The molecule has 2 aromatic rings. The highest BCUT2D eigenvalue weighted by molar-refractivity contribution is 6.31. The van der Waals surface area contributed by atoms with E-state index in [2.05, 4.69) is 10.6 Å². The summed E-state index contributed by atoms with van der Waals surface area (Å²) in [7, 11) is 0. The van der Waals surface area contributed by atoms with Gasteiger partial charge in [0.1, 0.15) is 0 Å². The minimum Gasteiger partial charge on any atom is -0.325 e. The van der Waals surface area contributed by atoms with Gasteiger partial charge in [-0.05, 0) is 50.1 Å². The highest BCUT2D eigenvalue weighted by Gasteiger charge is 2.17. The van der Waals surface area contributed by atoms with Gasteiger partial charge in [0.05, 0.1) is 6.04 Å². The molecule has 0 unspecified atom stereocenters. The minimum absolute atomic E-state index is 0.00744. The Hall–Kier alpha value is -1.84. The molecular formula is C18H21ClN2O. The predicted octanol–water partition coefficient (Wildman–Crippen LogP) is 4.33. The average molecular weight is 317 g/mol. The summed E-state index contributed by atoms with van der Waals surface area (Å²) >= 11 is 6.19. The van der Waals surface area contributed by atoms with Crippen molar-refractivity contribution in [1.29, 1.82) is 0 Å². The Labute approximate surface area is 136 Å². The first-order valence-corrected chi connectivity index (χ1v) is 7.73. The normalized spacial score (nSPS) is 13.5. The fraction of sp³-hybridized carbons (Fsp3) is 0.278. The van der Waals surface area contributed by atoms with E-state index in [-0.39, 0.29) is 18.0 Å².